The van der Waals surface area contributed by atoms with Gasteiger partial charge in [0.25, 0.3) is 0 Å². The molecule has 2 amide bonds. The van der Waals surface area contributed by atoms with Crippen molar-refractivity contribution in [3.05, 3.63) is 213 Å². The first kappa shape index (κ1) is 83.6. The first-order chi connectivity index (χ1) is 54.9. The van der Waals surface area contributed by atoms with E-state index in [1.807, 2.05) is 53.7 Å². The highest BCUT2D eigenvalue weighted by Crippen LogP contribution is 2.56. The molecule has 0 spiro atoms. The van der Waals surface area contributed by atoms with Crippen LogP contribution in [0.25, 0.3) is 33.8 Å². The molecular formula is C82H74Cl2F6N12O15. The highest BCUT2D eigenvalue weighted by Gasteiger charge is 2.56. The lowest BCUT2D eigenvalue weighted by atomic mass is 9.94. The maximum atomic E-state index is 13.4. The van der Waals surface area contributed by atoms with Crippen LogP contribution in [0.5, 0.6) is 34.5 Å². The fraction of sp³-hybridized carbons (Fsp3) is 0.293. The van der Waals surface area contributed by atoms with Gasteiger partial charge in [-0.3, -0.25) is 25.0 Å². The lowest BCUT2D eigenvalue weighted by Crippen LogP contribution is -2.28. The molecule has 10 aromatic rings. The summed E-state index contributed by atoms with van der Waals surface area (Å²) in [6.07, 6.45) is -1.25. The number of nitrogen functional groups attached to an aromatic ring is 2. The van der Waals surface area contributed by atoms with Crippen LogP contribution in [0.1, 0.15) is 150 Å². The number of aromatic carboxylic acids is 1. The number of esters is 2. The zero-order valence-corrected chi connectivity index (χ0v) is 65.6. The second-order valence-electron chi connectivity index (χ2n) is 29.9. The molecule has 16 rings (SSSR count). The third-order valence-electron chi connectivity index (χ3n) is 18.7. The molecule has 3 aliphatic carbocycles. The summed E-state index contributed by atoms with van der Waals surface area (Å²) in [4.78, 5) is 106. The Bertz CT molecular complexity index is 5550. The topological polar surface area (TPSA) is 376 Å². The number of nitrogens with zero attached hydrogens (tertiary/aromatic N) is 8. The van der Waals surface area contributed by atoms with E-state index in [4.69, 9.17) is 49.2 Å². The van der Waals surface area contributed by atoms with E-state index in [1.54, 1.807) is 119 Å². The molecule has 0 unspecified atom stereocenters. The number of nitrogens with two attached hydrogens (primary N) is 2. The van der Waals surface area contributed by atoms with Gasteiger partial charge in [0.15, 0.2) is 34.5 Å². The van der Waals surface area contributed by atoms with Crippen LogP contribution < -0.4 is 50.5 Å². The van der Waals surface area contributed by atoms with E-state index in [0.717, 1.165) is 39.1 Å². The second kappa shape index (κ2) is 32.1. The Morgan fingerprint density at radius 2 is 0.718 bits per heavy atom. The number of aryl methyl sites for hydroxylation is 4. The van der Waals surface area contributed by atoms with Gasteiger partial charge in [0, 0.05) is 47.0 Å². The molecule has 7 heterocycles. The first-order valence-corrected chi connectivity index (χ1v) is 36.7. The minimum Gasteiger partial charge on any atom is -0.478 e. The largest absolute Gasteiger partial charge is 0.586 e. The molecule has 6 aromatic carbocycles. The predicted molar refractivity (Wildman–Crippen MR) is 413 cm³/mol. The maximum Gasteiger partial charge on any atom is 0.586 e. The Kier molecular flexibility index (Phi) is 23.0. The van der Waals surface area contributed by atoms with Crippen molar-refractivity contribution in [2.24, 2.45) is 0 Å². The van der Waals surface area contributed by atoms with Crippen LogP contribution in [0.2, 0.25) is 5.15 Å². The Labute approximate surface area is 674 Å². The quantitative estimate of drug-likeness (QED) is 0.0292. The Morgan fingerprint density at radius 3 is 1.03 bits per heavy atom. The Hall–Kier alpha value is -12.8. The van der Waals surface area contributed by atoms with E-state index in [-0.39, 0.29) is 81.6 Å². The average molecular weight is 1650 g/mol. The van der Waals surface area contributed by atoms with Crippen molar-refractivity contribution in [3.8, 4) is 68.3 Å². The third kappa shape index (κ3) is 19.8. The summed E-state index contributed by atoms with van der Waals surface area (Å²) in [5, 5.41) is 14.5. The van der Waals surface area contributed by atoms with E-state index in [1.165, 1.54) is 48.5 Å². The van der Waals surface area contributed by atoms with Crippen molar-refractivity contribution < 1.29 is 98.1 Å². The van der Waals surface area contributed by atoms with Gasteiger partial charge in [0.1, 0.15) is 16.4 Å². The summed E-state index contributed by atoms with van der Waals surface area (Å²) in [5.41, 5.74) is 17.5. The average Bonchev–Trinajstić information content (AvgIpc) is 1.60. The van der Waals surface area contributed by atoms with Crippen LogP contribution in [0, 0.1) is 27.7 Å². The third-order valence-corrected chi connectivity index (χ3v) is 19.4. The number of carboxylic acid groups (broad SMARTS) is 1. The van der Waals surface area contributed by atoms with Crippen LogP contribution in [0.4, 0.5) is 50.1 Å². The maximum absolute atomic E-state index is 13.4. The number of hydrogen-bond acceptors (Lipinski definition) is 24. The van der Waals surface area contributed by atoms with Gasteiger partial charge in [0.2, 0.25) is 40.9 Å². The SMILES string of the molecule is Cc1cnc(N)nc1-c1ccc(C(=O)OC(C)(C)C)cc1.Cc1cnc(N)nc1Cl.Cc1cnc(NC(=O)C2(c3ccc4c(c3)OC(F)(F)O4)CC2)nc1-c1ccc(C(=O)O)cc1.Cc1cnc(NC(=O)C2(c3ccc4c(c3)OC(F)(F)O4)CC2)nc1-c1ccc(C(=O)OC(C)(C)C)cc1.O=C(Cl)C1(c2ccc3c(c2)OC(F)(F)O3)CC1. The summed E-state index contributed by atoms with van der Waals surface area (Å²) >= 11 is 11.1. The summed E-state index contributed by atoms with van der Waals surface area (Å²) in [7, 11) is 0. The first-order valence-electron chi connectivity index (χ1n) is 36.0. The highest BCUT2D eigenvalue weighted by molar-refractivity contribution is 6.66. The number of anilines is 4. The Morgan fingerprint density at radius 1 is 0.419 bits per heavy atom. The molecule has 3 aliphatic heterocycles. The van der Waals surface area contributed by atoms with Gasteiger partial charge in [-0.2, -0.15) is 0 Å². The molecule has 0 bridgehead atoms. The van der Waals surface area contributed by atoms with Crippen molar-refractivity contribution in [3.63, 3.8) is 0 Å². The van der Waals surface area contributed by atoms with Gasteiger partial charge in [-0.05, 0) is 226 Å². The van der Waals surface area contributed by atoms with Gasteiger partial charge in [-0.15, -0.1) is 26.3 Å². The number of carbonyl (C=O) groups excluding carboxylic acids is 5. The van der Waals surface area contributed by atoms with E-state index >= 15 is 0 Å². The number of fused-ring (bicyclic) bond motifs is 3. The van der Waals surface area contributed by atoms with E-state index < -0.39 is 63.5 Å². The van der Waals surface area contributed by atoms with Gasteiger partial charge < -0.3 is 54.5 Å². The zero-order chi connectivity index (χ0) is 84.7. The number of amides is 2. The summed E-state index contributed by atoms with van der Waals surface area (Å²) in [6.45, 7) is 18.3. The normalized spacial score (nSPS) is 16.0. The van der Waals surface area contributed by atoms with Gasteiger partial charge >= 0.3 is 36.8 Å². The minimum absolute atomic E-state index is 0.0310. The van der Waals surface area contributed by atoms with E-state index in [9.17, 15) is 55.1 Å². The van der Waals surface area contributed by atoms with Crippen molar-refractivity contribution in [2.75, 3.05) is 22.1 Å². The molecule has 27 nitrogen and oxygen atoms in total. The van der Waals surface area contributed by atoms with Crippen LogP contribution in [-0.4, -0.2) is 110 Å². The summed E-state index contributed by atoms with van der Waals surface area (Å²) in [5.74, 6) is -2.32. The van der Waals surface area contributed by atoms with Crippen molar-refractivity contribution in [2.45, 2.75) is 154 Å². The summed E-state index contributed by atoms with van der Waals surface area (Å²) in [6, 6.07) is 33.2. The molecule has 0 radical (unpaired) electrons. The lowest BCUT2D eigenvalue weighted by Gasteiger charge is -2.19. The number of carbonyl (C=O) groups is 6. The van der Waals surface area contributed by atoms with Crippen LogP contribution in [0.15, 0.2) is 152 Å². The van der Waals surface area contributed by atoms with E-state index in [0.29, 0.717) is 88.4 Å². The Balaban J connectivity index is 0.000000143. The van der Waals surface area contributed by atoms with Gasteiger partial charge in [-0.25, -0.2) is 54.3 Å². The standard InChI is InChI=1S/C27H25F2N3O5.C23H17F2N3O5.C16H19N3O2.C11H7ClF2O3.C5H6ClN3/c1-15-14-30-24(31-21(15)16-5-7-17(8-6-16)22(33)37-25(2,3)4)32-23(34)26(11-12-26)18-9-10-19-20(13-18)36-27(28,29)35-19;1-12-11-26-21(27-18(12)13-2-4-14(5-3-13)19(29)30)28-20(31)22(8-9-22)15-6-7-16-17(10-15)33-23(24,25)32-16;1-10-9-18-15(17)19-13(10)11-5-7-12(8-6-11)14(20)21-16(2,3)4;12-9(15)10(3-4-10)6-1-2-7-8(5-6)17-11(13,14)16-7;1-3-2-8-5(7)9-4(3)6/h5-10,13-14H,11-12H2,1-4H3,(H,30,31,32,34);2-7,10-11H,8-9H2,1H3,(H,29,30)(H,26,27,28,31);5-9H,1-4H3,(H2,17,18,19);1-2,5H,3-4H2;2H,1H3,(H2,7,8,9). The molecule has 6 aliphatic rings. The molecule has 0 saturated heterocycles. The fourth-order valence-electron chi connectivity index (χ4n) is 12.2. The number of aromatic nitrogens is 8. The van der Waals surface area contributed by atoms with Crippen molar-refractivity contribution >= 4 is 82.0 Å². The number of rotatable bonds is 14. The molecule has 3 fully saturated rings. The lowest BCUT2D eigenvalue weighted by molar-refractivity contribution is -0.287. The number of benzene rings is 6. The highest BCUT2D eigenvalue weighted by atomic mass is 35.5. The number of ether oxygens (including phenoxy) is 8. The van der Waals surface area contributed by atoms with Gasteiger partial charge in [-0.1, -0.05) is 66.2 Å². The fourth-order valence-corrected chi connectivity index (χ4v) is 12.6. The monoisotopic (exact) mass is 1650 g/mol. The molecular weight excluding hydrogens is 1580 g/mol. The molecule has 608 valence electrons. The minimum atomic E-state index is -3.73. The van der Waals surface area contributed by atoms with Crippen LogP contribution in [0.3, 0.4) is 0 Å². The van der Waals surface area contributed by atoms with Crippen LogP contribution in [-0.2, 0) is 40.1 Å². The number of halogens is 8. The second-order valence-corrected chi connectivity index (χ2v) is 30.6. The zero-order valence-electron chi connectivity index (χ0n) is 64.1. The molecule has 7 N–H and O–H groups in total. The summed E-state index contributed by atoms with van der Waals surface area (Å²) < 4.78 is 116. The number of nitrogens with one attached hydrogen (secondary N) is 2. The smallest absolute Gasteiger partial charge is 0.478 e. The van der Waals surface area contributed by atoms with E-state index in [2.05, 4.69) is 78.9 Å². The number of hydrogen-bond donors (Lipinski definition) is 5. The number of carboxylic acids is 1. The molecule has 0 atom stereocenters. The van der Waals surface area contributed by atoms with Gasteiger partial charge in [0.05, 0.1) is 50.0 Å². The van der Waals surface area contributed by atoms with Crippen molar-refractivity contribution in [1.29, 1.82) is 0 Å². The molecule has 4 aromatic heterocycles. The molecule has 117 heavy (non-hydrogen) atoms. The predicted octanol–water partition coefficient (Wildman–Crippen LogP) is 16.4. The van der Waals surface area contributed by atoms with Crippen LogP contribution >= 0.6 is 23.2 Å². The molecule has 3 saturated carbocycles. The van der Waals surface area contributed by atoms with Crippen molar-refractivity contribution in [1.82, 2.24) is 39.9 Å². The molecule has 35 heteroatoms. The number of alkyl halides is 6.